The zero-order valence-electron chi connectivity index (χ0n) is 11.0. The predicted molar refractivity (Wildman–Crippen MR) is 78.4 cm³/mol. The van der Waals surface area contributed by atoms with Crippen LogP contribution in [0.2, 0.25) is 0 Å². The van der Waals surface area contributed by atoms with Crippen molar-refractivity contribution >= 4 is 17.2 Å². The summed E-state index contributed by atoms with van der Waals surface area (Å²) < 4.78 is 0. The van der Waals surface area contributed by atoms with Crippen LogP contribution in [0.4, 0.5) is 0 Å². The van der Waals surface area contributed by atoms with Crippen LogP contribution in [0, 0.1) is 18.8 Å². The highest BCUT2D eigenvalue weighted by Crippen LogP contribution is 2.15. The predicted octanol–water partition coefficient (Wildman–Crippen LogP) is 1.73. The molecule has 2 rings (SSSR count). The van der Waals surface area contributed by atoms with Gasteiger partial charge < -0.3 is 10.4 Å². The lowest BCUT2D eigenvalue weighted by atomic mass is 10.2. The van der Waals surface area contributed by atoms with Gasteiger partial charge in [0.15, 0.2) is 0 Å². The second kappa shape index (κ2) is 6.85. The van der Waals surface area contributed by atoms with Gasteiger partial charge in [0.25, 0.3) is 5.91 Å². The van der Waals surface area contributed by atoms with Gasteiger partial charge in [0.2, 0.25) is 0 Å². The molecule has 5 heteroatoms. The zero-order chi connectivity index (χ0) is 14.4. The zero-order valence-corrected chi connectivity index (χ0v) is 11.8. The Labute approximate surface area is 121 Å². The molecule has 20 heavy (non-hydrogen) atoms. The Morgan fingerprint density at radius 2 is 2.30 bits per heavy atom. The molecular weight excluding hydrogens is 272 g/mol. The van der Waals surface area contributed by atoms with Gasteiger partial charge >= 0.3 is 0 Å². The Hall–Kier alpha value is -2.16. The largest absolute Gasteiger partial charge is 0.384 e. The number of nitrogens with zero attached hydrogens (tertiary/aromatic N) is 1. The minimum atomic E-state index is -0.149. The second-order valence-electron chi connectivity index (χ2n) is 4.04. The van der Waals surface area contributed by atoms with E-state index in [9.17, 15) is 4.79 Å². The fourth-order valence-corrected chi connectivity index (χ4v) is 2.48. The summed E-state index contributed by atoms with van der Waals surface area (Å²) in [5, 5.41) is 11.5. The van der Waals surface area contributed by atoms with Crippen LogP contribution in [0.1, 0.15) is 25.8 Å². The third-order valence-corrected chi connectivity index (χ3v) is 3.63. The van der Waals surface area contributed by atoms with Gasteiger partial charge in [-0.2, -0.15) is 0 Å². The quantitative estimate of drug-likeness (QED) is 0.845. The molecule has 0 saturated heterocycles. The summed E-state index contributed by atoms with van der Waals surface area (Å²) in [5.74, 6) is 5.30. The number of amides is 1. The van der Waals surface area contributed by atoms with Gasteiger partial charge in [0.05, 0.1) is 17.0 Å². The van der Waals surface area contributed by atoms with E-state index >= 15 is 0 Å². The summed E-state index contributed by atoms with van der Waals surface area (Å²) in [4.78, 5) is 18.0. The average molecular weight is 286 g/mol. The minimum Gasteiger partial charge on any atom is -0.384 e. The van der Waals surface area contributed by atoms with Crippen molar-refractivity contribution in [3.8, 4) is 11.8 Å². The van der Waals surface area contributed by atoms with E-state index in [1.54, 1.807) is 18.3 Å². The molecule has 0 aromatic carbocycles. The second-order valence-corrected chi connectivity index (χ2v) is 5.21. The maximum atomic E-state index is 12.0. The number of nitrogens with one attached hydrogen (secondary N) is 1. The van der Waals surface area contributed by atoms with Gasteiger partial charge in [-0.05, 0) is 31.2 Å². The van der Waals surface area contributed by atoms with Gasteiger partial charge in [-0.15, -0.1) is 11.3 Å². The fourth-order valence-electron chi connectivity index (χ4n) is 1.65. The van der Waals surface area contributed by atoms with Crippen LogP contribution in [0.25, 0.3) is 0 Å². The average Bonchev–Trinajstić information content (AvgIpc) is 2.91. The smallest absolute Gasteiger partial charge is 0.253 e. The Kier molecular flexibility index (Phi) is 4.88. The van der Waals surface area contributed by atoms with Crippen molar-refractivity contribution in [3.63, 3.8) is 0 Å². The third kappa shape index (κ3) is 3.67. The van der Waals surface area contributed by atoms with Crippen molar-refractivity contribution in [2.75, 3.05) is 6.61 Å². The molecule has 0 spiro atoms. The molecule has 2 aromatic rings. The van der Waals surface area contributed by atoms with Crippen molar-refractivity contribution < 1.29 is 9.90 Å². The Morgan fingerprint density at radius 3 is 3.05 bits per heavy atom. The molecule has 2 aromatic heterocycles. The third-order valence-electron chi connectivity index (χ3n) is 2.63. The van der Waals surface area contributed by atoms with Crippen LogP contribution < -0.4 is 5.32 Å². The number of pyridine rings is 1. The molecule has 0 aliphatic carbocycles. The first-order chi connectivity index (χ1) is 9.70. The van der Waals surface area contributed by atoms with E-state index in [1.807, 2.05) is 19.1 Å². The molecule has 0 bridgehead atoms. The van der Waals surface area contributed by atoms with Gasteiger partial charge in [0, 0.05) is 16.8 Å². The molecule has 0 aliphatic heterocycles. The Morgan fingerprint density at radius 1 is 1.45 bits per heavy atom. The molecule has 0 radical (unpaired) electrons. The molecule has 2 N–H and O–H groups in total. The summed E-state index contributed by atoms with van der Waals surface area (Å²) in [6.07, 6.45) is 1.66. The van der Waals surface area contributed by atoms with Crippen molar-refractivity contribution in [2.45, 2.75) is 13.5 Å². The number of aromatic nitrogens is 1. The van der Waals surface area contributed by atoms with E-state index in [-0.39, 0.29) is 12.5 Å². The number of carbonyl (C=O) groups excluding carboxylic acids is 1. The summed E-state index contributed by atoms with van der Waals surface area (Å²) in [5.41, 5.74) is 1.30. The molecule has 0 unspecified atom stereocenters. The molecule has 2 heterocycles. The van der Waals surface area contributed by atoms with Gasteiger partial charge in [-0.1, -0.05) is 11.8 Å². The van der Waals surface area contributed by atoms with Gasteiger partial charge in [0.1, 0.15) is 6.61 Å². The monoisotopic (exact) mass is 286 g/mol. The molecule has 4 nitrogen and oxygen atoms in total. The van der Waals surface area contributed by atoms with Crippen LogP contribution in [0.15, 0.2) is 30.5 Å². The van der Waals surface area contributed by atoms with E-state index < -0.39 is 0 Å². The van der Waals surface area contributed by atoms with E-state index in [2.05, 4.69) is 22.1 Å². The van der Waals surface area contributed by atoms with Gasteiger partial charge in [-0.3, -0.25) is 9.78 Å². The molecule has 0 atom stereocenters. The molecule has 0 fully saturated rings. The fraction of sp³-hybridized carbons (Fsp3) is 0.200. The summed E-state index contributed by atoms with van der Waals surface area (Å²) in [6, 6.07) is 7.30. The minimum absolute atomic E-state index is 0.132. The number of aliphatic hydroxyl groups excluding tert-OH is 1. The van der Waals surface area contributed by atoms with Crippen molar-refractivity contribution in [3.05, 3.63) is 51.5 Å². The van der Waals surface area contributed by atoms with Crippen LogP contribution in [-0.4, -0.2) is 22.6 Å². The van der Waals surface area contributed by atoms with Crippen molar-refractivity contribution in [1.82, 2.24) is 10.3 Å². The first kappa shape index (κ1) is 14.3. The highest BCUT2D eigenvalue weighted by atomic mass is 32.1. The van der Waals surface area contributed by atoms with E-state index in [0.717, 1.165) is 9.75 Å². The molecule has 0 aliphatic rings. The highest BCUT2D eigenvalue weighted by Gasteiger charge is 2.09. The first-order valence-corrected chi connectivity index (χ1v) is 6.90. The number of carbonyl (C=O) groups is 1. The number of rotatable bonds is 3. The SMILES string of the molecule is Cc1ncccc1C(=O)NCc1ccc(C#CCO)s1. The van der Waals surface area contributed by atoms with Crippen LogP contribution in [0.3, 0.4) is 0 Å². The number of aliphatic hydroxyl groups is 1. The van der Waals surface area contributed by atoms with Crippen LogP contribution in [-0.2, 0) is 6.54 Å². The van der Waals surface area contributed by atoms with E-state index in [4.69, 9.17) is 5.11 Å². The molecular formula is C15H14N2O2S. The lowest BCUT2D eigenvalue weighted by Gasteiger charge is -2.05. The topological polar surface area (TPSA) is 62.2 Å². The maximum Gasteiger partial charge on any atom is 0.253 e. The molecule has 0 saturated carbocycles. The van der Waals surface area contributed by atoms with Crippen molar-refractivity contribution in [1.29, 1.82) is 0 Å². The van der Waals surface area contributed by atoms with E-state index in [1.165, 1.54) is 11.3 Å². The molecule has 102 valence electrons. The Balaban J connectivity index is 1.97. The van der Waals surface area contributed by atoms with Crippen molar-refractivity contribution in [2.24, 2.45) is 0 Å². The lowest BCUT2D eigenvalue weighted by molar-refractivity contribution is 0.0950. The summed E-state index contributed by atoms with van der Waals surface area (Å²) in [6.45, 7) is 2.12. The standard InChI is InChI=1S/C15H14N2O2S/c1-11-14(5-2-8-16-11)15(19)17-10-13-7-6-12(20-13)4-3-9-18/h2,5-8,18H,9-10H2,1H3,(H,17,19). The first-order valence-electron chi connectivity index (χ1n) is 6.09. The summed E-state index contributed by atoms with van der Waals surface area (Å²) in [7, 11) is 0. The van der Waals surface area contributed by atoms with E-state index in [0.29, 0.717) is 17.8 Å². The number of hydrogen-bond donors (Lipinski definition) is 2. The number of hydrogen-bond acceptors (Lipinski definition) is 4. The van der Waals surface area contributed by atoms with Gasteiger partial charge in [-0.25, -0.2) is 0 Å². The summed E-state index contributed by atoms with van der Waals surface area (Å²) >= 11 is 1.50. The maximum absolute atomic E-state index is 12.0. The lowest BCUT2D eigenvalue weighted by Crippen LogP contribution is -2.23. The number of thiophene rings is 1. The number of aryl methyl sites for hydroxylation is 1. The Bertz CT molecular complexity index is 668. The molecule has 1 amide bonds. The van der Waals surface area contributed by atoms with Crippen LogP contribution >= 0.6 is 11.3 Å². The normalized spacial score (nSPS) is 9.70. The highest BCUT2D eigenvalue weighted by molar-refractivity contribution is 7.12. The van der Waals surface area contributed by atoms with Crippen LogP contribution in [0.5, 0.6) is 0 Å².